The molecule has 1 N–H and O–H groups in total. The molecule has 0 atom stereocenters. The summed E-state index contributed by atoms with van der Waals surface area (Å²) in [7, 11) is 0. The van der Waals surface area contributed by atoms with Crippen molar-refractivity contribution in [2.75, 3.05) is 11.9 Å². The zero-order chi connectivity index (χ0) is 21.8. The van der Waals surface area contributed by atoms with Crippen molar-refractivity contribution in [2.24, 2.45) is 0 Å². The van der Waals surface area contributed by atoms with Crippen LogP contribution in [0.25, 0.3) is 5.69 Å². The molecule has 0 fully saturated rings. The molecule has 31 heavy (non-hydrogen) atoms. The summed E-state index contributed by atoms with van der Waals surface area (Å²) in [5.41, 5.74) is 1.17. The number of aromatic nitrogens is 5. The number of nitrogens with one attached hydrogen (secondary N) is 1. The summed E-state index contributed by atoms with van der Waals surface area (Å²) in [6.45, 7) is 2.50. The van der Waals surface area contributed by atoms with E-state index < -0.39 is 5.97 Å². The third kappa shape index (κ3) is 4.57. The lowest BCUT2D eigenvalue weighted by molar-refractivity contribution is -0.117. The molecule has 1 amide bonds. The van der Waals surface area contributed by atoms with Gasteiger partial charge in [-0.15, -0.1) is 0 Å². The van der Waals surface area contributed by atoms with E-state index in [-0.39, 0.29) is 30.4 Å². The summed E-state index contributed by atoms with van der Waals surface area (Å²) in [5.74, 6) is -0.0943. The molecular weight excluding hydrogens is 400 g/mol. The Hall–Kier alpha value is -3.69. The first-order valence-electron chi connectivity index (χ1n) is 10.3. The van der Waals surface area contributed by atoms with Gasteiger partial charge in [-0.1, -0.05) is 12.5 Å². The number of nitrogens with zero attached hydrogens (tertiary/aromatic N) is 5. The van der Waals surface area contributed by atoms with E-state index in [0.29, 0.717) is 17.9 Å². The van der Waals surface area contributed by atoms with E-state index in [1.54, 1.807) is 48.0 Å². The number of carbonyl (C=O) groups excluding carboxylic acids is 2. The van der Waals surface area contributed by atoms with Gasteiger partial charge in [0.05, 0.1) is 12.3 Å². The van der Waals surface area contributed by atoms with Gasteiger partial charge < -0.3 is 10.1 Å². The van der Waals surface area contributed by atoms with Crippen molar-refractivity contribution in [3.05, 3.63) is 58.5 Å². The topological polar surface area (TPSA) is 113 Å². The Kier molecular flexibility index (Phi) is 5.96. The molecule has 3 aromatic rings. The first-order valence-corrected chi connectivity index (χ1v) is 10.3. The second kappa shape index (κ2) is 8.99. The number of fused-ring (bicyclic) bond motifs is 1. The highest BCUT2D eigenvalue weighted by Gasteiger charge is 2.17. The number of rotatable bonds is 6. The van der Waals surface area contributed by atoms with Crippen LogP contribution in [0.4, 0.5) is 5.69 Å². The fraction of sp³-hybridized carbons (Fsp3) is 0.381. The second-order valence-corrected chi connectivity index (χ2v) is 7.28. The van der Waals surface area contributed by atoms with Gasteiger partial charge >= 0.3 is 11.7 Å². The molecule has 10 nitrogen and oxygen atoms in total. The summed E-state index contributed by atoms with van der Waals surface area (Å²) >= 11 is 0. The highest BCUT2D eigenvalue weighted by Crippen LogP contribution is 2.15. The molecule has 3 heterocycles. The number of anilines is 1. The van der Waals surface area contributed by atoms with Gasteiger partial charge in [-0.05, 0) is 44.0 Å². The molecule has 0 aliphatic carbocycles. The maximum Gasteiger partial charge on any atom is 0.358 e. The van der Waals surface area contributed by atoms with Crippen molar-refractivity contribution >= 4 is 17.6 Å². The molecule has 0 unspecified atom stereocenters. The lowest BCUT2D eigenvalue weighted by atomic mass is 10.2. The van der Waals surface area contributed by atoms with Gasteiger partial charge in [-0.25, -0.2) is 19.0 Å². The predicted molar refractivity (Wildman–Crippen MR) is 112 cm³/mol. The Morgan fingerprint density at radius 1 is 1.16 bits per heavy atom. The number of hydrogen-bond donors (Lipinski definition) is 1. The first-order chi connectivity index (χ1) is 15.0. The highest BCUT2D eigenvalue weighted by atomic mass is 16.5. The molecule has 10 heteroatoms. The van der Waals surface area contributed by atoms with Crippen molar-refractivity contribution in [3.8, 4) is 5.69 Å². The average molecular weight is 424 g/mol. The van der Waals surface area contributed by atoms with Crippen LogP contribution in [0.1, 0.15) is 42.5 Å². The molecule has 1 aliphatic heterocycles. The molecule has 1 aromatic carbocycles. The summed E-state index contributed by atoms with van der Waals surface area (Å²) in [5, 5.41) is 11.3. The van der Waals surface area contributed by atoms with E-state index in [1.165, 1.54) is 9.36 Å². The summed E-state index contributed by atoms with van der Waals surface area (Å²) in [4.78, 5) is 36.9. The Morgan fingerprint density at radius 2 is 2.03 bits per heavy atom. The summed E-state index contributed by atoms with van der Waals surface area (Å²) in [6, 6.07) is 8.60. The van der Waals surface area contributed by atoms with Crippen LogP contribution in [-0.4, -0.2) is 42.6 Å². The first kappa shape index (κ1) is 20.6. The smallest absolute Gasteiger partial charge is 0.358 e. The van der Waals surface area contributed by atoms with Gasteiger partial charge in [0, 0.05) is 24.8 Å². The Bertz CT molecular complexity index is 1160. The van der Waals surface area contributed by atoms with Crippen LogP contribution in [0.2, 0.25) is 0 Å². The zero-order valence-electron chi connectivity index (χ0n) is 17.3. The van der Waals surface area contributed by atoms with Gasteiger partial charge in [0.15, 0.2) is 5.69 Å². The van der Waals surface area contributed by atoms with E-state index in [4.69, 9.17) is 4.74 Å². The van der Waals surface area contributed by atoms with Crippen LogP contribution in [0.15, 0.2) is 41.3 Å². The molecular formula is C21H24N6O4. The van der Waals surface area contributed by atoms with Crippen LogP contribution in [-0.2, 0) is 29.0 Å². The van der Waals surface area contributed by atoms with Crippen LogP contribution < -0.4 is 11.0 Å². The van der Waals surface area contributed by atoms with Crippen LogP contribution >= 0.6 is 0 Å². The van der Waals surface area contributed by atoms with E-state index in [0.717, 1.165) is 31.5 Å². The summed E-state index contributed by atoms with van der Waals surface area (Å²) < 4.78 is 9.36. The van der Waals surface area contributed by atoms with E-state index in [9.17, 15) is 14.4 Å². The van der Waals surface area contributed by atoms with Crippen molar-refractivity contribution in [1.82, 2.24) is 24.1 Å². The fourth-order valence-electron chi connectivity index (χ4n) is 3.57. The number of carbonyl (C=O) groups is 2. The largest absolute Gasteiger partial charge is 0.461 e. The standard InChI is InChI=1S/C21H24N6O4/c1-2-31-20(29)17-10-12-26(23-17)16-8-6-7-15(13-16)22-19(28)14-27-21(30)25-11-5-3-4-9-18(25)24-27/h6-8,10,12-13H,2-5,9,11,14H2,1H3,(H,22,28). The monoisotopic (exact) mass is 424 g/mol. The third-order valence-electron chi connectivity index (χ3n) is 5.04. The Balaban J connectivity index is 1.45. The lowest BCUT2D eigenvalue weighted by Gasteiger charge is -2.07. The number of esters is 1. The van der Waals surface area contributed by atoms with Crippen LogP contribution in [0.3, 0.4) is 0 Å². The zero-order valence-corrected chi connectivity index (χ0v) is 17.3. The van der Waals surface area contributed by atoms with E-state index in [2.05, 4.69) is 15.5 Å². The molecule has 162 valence electrons. The molecule has 2 aromatic heterocycles. The molecule has 0 bridgehead atoms. The Morgan fingerprint density at radius 3 is 2.87 bits per heavy atom. The molecule has 0 saturated heterocycles. The average Bonchev–Trinajstić information content (AvgIpc) is 3.27. The minimum Gasteiger partial charge on any atom is -0.461 e. The van der Waals surface area contributed by atoms with Gasteiger partial charge in [0.2, 0.25) is 5.91 Å². The van der Waals surface area contributed by atoms with Gasteiger partial charge in [0.25, 0.3) is 0 Å². The number of amides is 1. The van der Waals surface area contributed by atoms with Crippen LogP contribution in [0.5, 0.6) is 0 Å². The van der Waals surface area contributed by atoms with Crippen molar-refractivity contribution in [3.63, 3.8) is 0 Å². The van der Waals surface area contributed by atoms with Gasteiger partial charge in [-0.3, -0.25) is 9.36 Å². The molecule has 0 saturated carbocycles. The fourth-order valence-corrected chi connectivity index (χ4v) is 3.57. The second-order valence-electron chi connectivity index (χ2n) is 7.28. The molecule has 4 rings (SSSR count). The maximum atomic E-state index is 12.5. The van der Waals surface area contributed by atoms with E-state index in [1.807, 2.05) is 0 Å². The van der Waals surface area contributed by atoms with Gasteiger partial charge in [0.1, 0.15) is 12.4 Å². The lowest BCUT2D eigenvalue weighted by Crippen LogP contribution is -2.30. The number of hydrogen-bond acceptors (Lipinski definition) is 6. The predicted octanol–water partition coefficient (Wildman–Crippen LogP) is 1.77. The SMILES string of the molecule is CCOC(=O)c1ccn(-c2cccc(NC(=O)Cn3nc4n(c3=O)CCCCC4)c2)n1. The van der Waals surface area contributed by atoms with Crippen molar-refractivity contribution in [1.29, 1.82) is 0 Å². The normalized spacial score (nSPS) is 13.3. The van der Waals surface area contributed by atoms with Crippen LogP contribution in [0, 0.1) is 0 Å². The molecule has 0 radical (unpaired) electrons. The number of aryl methyl sites for hydroxylation is 1. The molecule has 1 aliphatic rings. The number of ether oxygens (including phenoxy) is 1. The number of benzene rings is 1. The minimum absolute atomic E-state index is 0.155. The quantitative estimate of drug-likeness (QED) is 0.604. The maximum absolute atomic E-state index is 12.5. The van der Waals surface area contributed by atoms with Crippen molar-refractivity contribution < 1.29 is 14.3 Å². The minimum atomic E-state index is -0.491. The molecule has 0 spiro atoms. The van der Waals surface area contributed by atoms with Crippen molar-refractivity contribution in [2.45, 2.75) is 45.7 Å². The summed E-state index contributed by atoms with van der Waals surface area (Å²) in [6.07, 6.45) is 5.43. The van der Waals surface area contributed by atoms with E-state index >= 15 is 0 Å². The third-order valence-corrected chi connectivity index (χ3v) is 5.04. The van der Waals surface area contributed by atoms with Gasteiger partial charge in [-0.2, -0.15) is 10.2 Å². The highest BCUT2D eigenvalue weighted by molar-refractivity contribution is 5.90. The Labute approximate surface area is 178 Å².